The number of benzene rings is 4. The fourth-order valence-electron chi connectivity index (χ4n) is 3.59. The van der Waals surface area contributed by atoms with Gasteiger partial charge in [-0.2, -0.15) is 0 Å². The third kappa shape index (κ3) is 6.39. The van der Waals surface area contributed by atoms with Crippen LogP contribution < -0.4 is 14.8 Å². The molecule has 4 rings (SSSR count). The average Bonchev–Trinajstić information content (AvgIpc) is 2.87. The second-order valence-electron chi connectivity index (χ2n) is 8.90. The number of amides is 1. The number of rotatable bonds is 8. The van der Waals surface area contributed by atoms with E-state index < -0.39 is 26.0 Å². The van der Waals surface area contributed by atoms with E-state index in [9.17, 15) is 21.6 Å². The van der Waals surface area contributed by atoms with Gasteiger partial charge in [0.25, 0.3) is 26.0 Å². The lowest BCUT2D eigenvalue weighted by molar-refractivity contribution is 0.102. The predicted octanol–water partition coefficient (Wildman–Crippen LogP) is 5.47. The molecule has 4 aromatic carbocycles. The van der Waals surface area contributed by atoms with Crippen LogP contribution in [0.4, 0.5) is 17.1 Å². The average molecular weight is 550 g/mol. The van der Waals surface area contributed by atoms with Crippen molar-refractivity contribution in [2.45, 2.75) is 30.6 Å². The Morgan fingerprint density at radius 3 is 1.68 bits per heavy atom. The SMILES string of the molecule is Cc1ccc(S(=O)(=O)Nc2ccc(C(=O)Nc3ccc(S(=O)(=O)Nc4cc(C)ccc4C)cc3)cc2)cc1. The van der Waals surface area contributed by atoms with Crippen LogP contribution in [0.15, 0.2) is 101 Å². The molecule has 1 amide bonds. The lowest BCUT2D eigenvalue weighted by atomic mass is 10.1. The van der Waals surface area contributed by atoms with Gasteiger partial charge in [-0.05, 0) is 98.6 Å². The van der Waals surface area contributed by atoms with Gasteiger partial charge in [0.1, 0.15) is 0 Å². The molecule has 0 atom stereocenters. The molecule has 0 spiro atoms. The molecule has 4 aromatic rings. The normalized spacial score (nSPS) is 11.6. The number of hydrogen-bond acceptors (Lipinski definition) is 5. The minimum absolute atomic E-state index is 0.0571. The molecular weight excluding hydrogens is 522 g/mol. The maximum Gasteiger partial charge on any atom is 0.261 e. The monoisotopic (exact) mass is 549 g/mol. The topological polar surface area (TPSA) is 121 Å². The Hall–Kier alpha value is -4.15. The molecular formula is C28H27N3O5S2. The first-order valence-electron chi connectivity index (χ1n) is 11.6. The number of anilines is 3. The van der Waals surface area contributed by atoms with Crippen molar-refractivity contribution in [3.8, 4) is 0 Å². The largest absolute Gasteiger partial charge is 0.322 e. The molecule has 0 aromatic heterocycles. The summed E-state index contributed by atoms with van der Waals surface area (Å²) in [5.41, 5.74) is 4.21. The van der Waals surface area contributed by atoms with Gasteiger partial charge in [-0.3, -0.25) is 14.2 Å². The third-order valence-corrected chi connectivity index (χ3v) is 8.57. The van der Waals surface area contributed by atoms with Crippen LogP contribution in [0.2, 0.25) is 0 Å². The van der Waals surface area contributed by atoms with E-state index in [-0.39, 0.29) is 9.79 Å². The first-order chi connectivity index (χ1) is 17.9. The van der Waals surface area contributed by atoms with E-state index in [4.69, 9.17) is 0 Å². The number of nitrogens with one attached hydrogen (secondary N) is 3. The summed E-state index contributed by atoms with van der Waals surface area (Å²) in [6.07, 6.45) is 0. The molecule has 3 N–H and O–H groups in total. The second-order valence-corrected chi connectivity index (χ2v) is 12.3. The van der Waals surface area contributed by atoms with Crippen LogP contribution in [0.5, 0.6) is 0 Å². The molecule has 10 heteroatoms. The molecule has 8 nitrogen and oxygen atoms in total. The van der Waals surface area contributed by atoms with Crippen molar-refractivity contribution >= 4 is 43.0 Å². The molecule has 196 valence electrons. The zero-order valence-electron chi connectivity index (χ0n) is 21.0. The van der Waals surface area contributed by atoms with Crippen LogP contribution in [0.3, 0.4) is 0 Å². The highest BCUT2D eigenvalue weighted by molar-refractivity contribution is 7.93. The van der Waals surface area contributed by atoms with Crippen molar-refractivity contribution in [1.29, 1.82) is 0 Å². The second kappa shape index (κ2) is 10.7. The molecule has 0 radical (unpaired) electrons. The number of sulfonamides is 2. The van der Waals surface area contributed by atoms with Crippen LogP contribution in [0, 0.1) is 20.8 Å². The fraction of sp³-hybridized carbons (Fsp3) is 0.107. The van der Waals surface area contributed by atoms with E-state index >= 15 is 0 Å². The first-order valence-corrected chi connectivity index (χ1v) is 14.6. The number of aryl methyl sites for hydroxylation is 3. The van der Waals surface area contributed by atoms with Crippen molar-refractivity contribution in [2.75, 3.05) is 14.8 Å². The van der Waals surface area contributed by atoms with Crippen molar-refractivity contribution in [3.05, 3.63) is 113 Å². The molecule has 0 heterocycles. The minimum Gasteiger partial charge on any atom is -0.322 e. The van der Waals surface area contributed by atoms with Gasteiger partial charge in [-0.25, -0.2) is 16.8 Å². The van der Waals surface area contributed by atoms with Crippen molar-refractivity contribution in [3.63, 3.8) is 0 Å². The summed E-state index contributed by atoms with van der Waals surface area (Å²) in [7, 11) is -7.57. The van der Waals surface area contributed by atoms with Gasteiger partial charge >= 0.3 is 0 Å². The van der Waals surface area contributed by atoms with Crippen molar-refractivity contribution < 1.29 is 21.6 Å². The highest BCUT2D eigenvalue weighted by atomic mass is 32.2. The van der Waals surface area contributed by atoms with E-state index in [2.05, 4.69) is 14.8 Å². The molecule has 0 aliphatic heterocycles. The highest BCUT2D eigenvalue weighted by Gasteiger charge is 2.17. The summed E-state index contributed by atoms with van der Waals surface area (Å²) in [5, 5.41) is 2.71. The van der Waals surface area contributed by atoms with Crippen LogP contribution in [-0.2, 0) is 20.0 Å². The molecule has 0 unspecified atom stereocenters. The van der Waals surface area contributed by atoms with E-state index in [1.807, 2.05) is 32.9 Å². The van der Waals surface area contributed by atoms with Gasteiger partial charge in [-0.1, -0.05) is 29.8 Å². The van der Waals surface area contributed by atoms with Crippen LogP contribution in [-0.4, -0.2) is 22.7 Å². The number of hydrogen-bond donors (Lipinski definition) is 3. The van der Waals surface area contributed by atoms with Gasteiger partial charge in [0, 0.05) is 16.9 Å². The summed E-state index contributed by atoms with van der Waals surface area (Å²) in [6.45, 7) is 5.57. The summed E-state index contributed by atoms with van der Waals surface area (Å²) in [5.74, 6) is -0.429. The maximum atomic E-state index is 12.8. The molecule has 0 saturated heterocycles. The Bertz CT molecular complexity index is 1680. The number of carbonyl (C=O) groups excluding carboxylic acids is 1. The van der Waals surface area contributed by atoms with E-state index in [1.165, 1.54) is 60.7 Å². The zero-order chi connectivity index (χ0) is 27.5. The summed E-state index contributed by atoms with van der Waals surface area (Å²) in [6, 6.07) is 23.8. The van der Waals surface area contributed by atoms with Crippen LogP contribution >= 0.6 is 0 Å². The highest BCUT2D eigenvalue weighted by Crippen LogP contribution is 2.23. The van der Waals surface area contributed by atoms with Crippen molar-refractivity contribution in [1.82, 2.24) is 0 Å². The molecule has 0 saturated carbocycles. The molecule has 0 aliphatic rings. The van der Waals surface area contributed by atoms with Gasteiger partial charge < -0.3 is 5.32 Å². The maximum absolute atomic E-state index is 12.8. The molecule has 0 aliphatic carbocycles. The summed E-state index contributed by atoms with van der Waals surface area (Å²) >= 11 is 0. The van der Waals surface area contributed by atoms with E-state index in [0.717, 1.165) is 16.7 Å². The Labute approximate surface area is 222 Å². The van der Waals surface area contributed by atoms with E-state index in [1.54, 1.807) is 18.2 Å². The number of carbonyl (C=O) groups is 1. The molecule has 0 bridgehead atoms. The van der Waals surface area contributed by atoms with Gasteiger partial charge in [0.15, 0.2) is 0 Å². The lowest BCUT2D eigenvalue weighted by Gasteiger charge is -2.12. The van der Waals surface area contributed by atoms with Crippen LogP contribution in [0.25, 0.3) is 0 Å². The zero-order valence-corrected chi connectivity index (χ0v) is 22.7. The quantitative estimate of drug-likeness (QED) is 0.269. The molecule has 38 heavy (non-hydrogen) atoms. The predicted molar refractivity (Wildman–Crippen MR) is 150 cm³/mol. The summed E-state index contributed by atoms with van der Waals surface area (Å²) in [4.78, 5) is 12.9. The summed E-state index contributed by atoms with van der Waals surface area (Å²) < 4.78 is 55.8. The first kappa shape index (κ1) is 26.9. The van der Waals surface area contributed by atoms with Crippen molar-refractivity contribution in [2.24, 2.45) is 0 Å². The lowest BCUT2D eigenvalue weighted by Crippen LogP contribution is -2.15. The fourth-order valence-corrected chi connectivity index (χ4v) is 5.77. The minimum atomic E-state index is -3.81. The Kier molecular flexibility index (Phi) is 7.56. The smallest absolute Gasteiger partial charge is 0.261 e. The standard InChI is InChI=1S/C28H27N3O5S2/c1-19-5-14-25(15-6-19)37(33,34)30-24-10-8-22(9-11-24)28(32)29-23-12-16-26(17-13-23)38(35,36)31-27-18-20(2)4-7-21(27)3/h4-18,30-31H,1-3H3,(H,29,32). The van der Waals surface area contributed by atoms with Gasteiger partial charge in [0.05, 0.1) is 15.5 Å². The van der Waals surface area contributed by atoms with Crippen LogP contribution in [0.1, 0.15) is 27.0 Å². The Balaban J connectivity index is 1.41. The van der Waals surface area contributed by atoms with Gasteiger partial charge in [-0.15, -0.1) is 0 Å². The molecule has 0 fully saturated rings. The third-order valence-electron chi connectivity index (χ3n) is 5.79. The Morgan fingerprint density at radius 2 is 1.08 bits per heavy atom. The van der Waals surface area contributed by atoms with Gasteiger partial charge in [0.2, 0.25) is 0 Å². The van der Waals surface area contributed by atoms with E-state index in [0.29, 0.717) is 22.6 Å². The Morgan fingerprint density at radius 1 is 0.579 bits per heavy atom.